The molecule has 5 heterocycles. The molecule has 0 fully saturated rings. The van der Waals surface area contributed by atoms with Crippen LogP contribution in [-0.4, -0.2) is 36.0 Å². The fraction of sp³-hybridized carbons (Fsp3) is 0.174. The number of hydrogen-bond acceptors (Lipinski definition) is 5. The van der Waals surface area contributed by atoms with E-state index in [2.05, 4.69) is 42.4 Å². The number of unbranched alkanes of at least 4 members (excludes halogenated alkanes) is 1. The predicted molar refractivity (Wildman–Crippen MR) is 120 cm³/mol. The molecular weight excluding hydrogens is 390 g/mol. The smallest absolute Gasteiger partial charge is 0.224 e. The first kappa shape index (κ1) is 18.9. The SMILES string of the molecule is CCCCC(=O)Nc1cncc(-c2cnc3[nH]nc(-c4cc5ncccc5[nH]4)c3c2)c1. The molecule has 0 atom stereocenters. The Labute approximate surface area is 178 Å². The van der Waals surface area contributed by atoms with Gasteiger partial charge in [0.1, 0.15) is 5.69 Å². The minimum Gasteiger partial charge on any atom is -0.352 e. The van der Waals surface area contributed by atoms with Crippen LogP contribution in [0, 0.1) is 0 Å². The minimum atomic E-state index is -0.00100. The van der Waals surface area contributed by atoms with Crippen LogP contribution in [0.3, 0.4) is 0 Å². The third-order valence-corrected chi connectivity index (χ3v) is 5.17. The molecular formula is C23H21N7O. The fourth-order valence-electron chi connectivity index (χ4n) is 3.58. The van der Waals surface area contributed by atoms with Crippen molar-refractivity contribution in [3.63, 3.8) is 0 Å². The van der Waals surface area contributed by atoms with Crippen molar-refractivity contribution in [1.82, 2.24) is 30.1 Å². The molecule has 1 amide bonds. The Morgan fingerprint density at radius 1 is 1.10 bits per heavy atom. The zero-order chi connectivity index (χ0) is 21.2. The molecule has 0 aromatic carbocycles. The van der Waals surface area contributed by atoms with Crippen LogP contribution in [0.2, 0.25) is 0 Å². The Morgan fingerprint density at radius 3 is 2.87 bits per heavy atom. The van der Waals surface area contributed by atoms with Gasteiger partial charge in [-0.25, -0.2) is 4.98 Å². The summed E-state index contributed by atoms with van der Waals surface area (Å²) in [6, 6.07) is 9.79. The first-order valence-corrected chi connectivity index (χ1v) is 10.2. The van der Waals surface area contributed by atoms with Crippen molar-refractivity contribution < 1.29 is 4.79 Å². The van der Waals surface area contributed by atoms with E-state index in [1.54, 1.807) is 24.8 Å². The number of carbonyl (C=O) groups is 1. The van der Waals surface area contributed by atoms with Crippen LogP contribution in [0.5, 0.6) is 0 Å². The quantitative estimate of drug-likeness (QED) is 0.375. The summed E-state index contributed by atoms with van der Waals surface area (Å²) in [5.41, 5.74) is 6.61. The lowest BCUT2D eigenvalue weighted by Crippen LogP contribution is -2.11. The van der Waals surface area contributed by atoms with Crippen LogP contribution in [-0.2, 0) is 4.79 Å². The molecule has 31 heavy (non-hydrogen) atoms. The van der Waals surface area contributed by atoms with Gasteiger partial charge in [0.05, 0.1) is 28.6 Å². The van der Waals surface area contributed by atoms with Crippen LogP contribution in [0.4, 0.5) is 5.69 Å². The summed E-state index contributed by atoms with van der Waals surface area (Å²) >= 11 is 0. The molecule has 0 aliphatic rings. The zero-order valence-electron chi connectivity index (χ0n) is 17.0. The number of fused-ring (bicyclic) bond motifs is 2. The van der Waals surface area contributed by atoms with Gasteiger partial charge in [-0.1, -0.05) is 13.3 Å². The van der Waals surface area contributed by atoms with Crippen LogP contribution in [0.1, 0.15) is 26.2 Å². The van der Waals surface area contributed by atoms with Crippen LogP contribution in [0.15, 0.2) is 55.1 Å². The van der Waals surface area contributed by atoms with Crippen LogP contribution < -0.4 is 5.32 Å². The van der Waals surface area contributed by atoms with Gasteiger partial charge in [-0.3, -0.25) is 19.9 Å². The molecule has 3 N–H and O–H groups in total. The average Bonchev–Trinajstić information content (AvgIpc) is 3.41. The minimum absolute atomic E-state index is 0.00100. The highest BCUT2D eigenvalue weighted by Gasteiger charge is 2.14. The molecule has 0 radical (unpaired) electrons. The van der Waals surface area contributed by atoms with Crippen molar-refractivity contribution in [1.29, 1.82) is 0 Å². The maximum Gasteiger partial charge on any atom is 0.224 e. The summed E-state index contributed by atoms with van der Waals surface area (Å²) in [5.74, 6) is -0.00100. The summed E-state index contributed by atoms with van der Waals surface area (Å²) in [7, 11) is 0. The Balaban J connectivity index is 1.49. The second-order valence-corrected chi connectivity index (χ2v) is 7.43. The van der Waals surface area contributed by atoms with Gasteiger partial charge >= 0.3 is 0 Å². The van der Waals surface area contributed by atoms with Crippen molar-refractivity contribution >= 4 is 33.7 Å². The normalized spacial score (nSPS) is 11.3. The Hall–Kier alpha value is -4.07. The van der Waals surface area contributed by atoms with E-state index in [1.807, 2.05) is 30.3 Å². The van der Waals surface area contributed by atoms with Gasteiger partial charge in [-0.05, 0) is 36.8 Å². The predicted octanol–water partition coefficient (Wildman–Crippen LogP) is 4.69. The fourth-order valence-corrected chi connectivity index (χ4v) is 3.58. The molecule has 0 unspecified atom stereocenters. The van der Waals surface area contributed by atoms with Crippen molar-refractivity contribution in [3.05, 3.63) is 55.1 Å². The number of aromatic nitrogens is 6. The van der Waals surface area contributed by atoms with E-state index >= 15 is 0 Å². The molecule has 8 heteroatoms. The van der Waals surface area contributed by atoms with Gasteiger partial charge in [0.25, 0.3) is 0 Å². The first-order valence-electron chi connectivity index (χ1n) is 10.2. The van der Waals surface area contributed by atoms with Gasteiger partial charge in [-0.15, -0.1) is 0 Å². The lowest BCUT2D eigenvalue weighted by atomic mass is 10.1. The number of aromatic amines is 2. The number of nitrogens with one attached hydrogen (secondary N) is 3. The molecule has 0 aliphatic heterocycles. The molecule has 0 bridgehead atoms. The van der Waals surface area contributed by atoms with E-state index in [0.717, 1.165) is 51.8 Å². The van der Waals surface area contributed by atoms with Gasteiger partial charge < -0.3 is 10.3 Å². The molecule has 0 saturated carbocycles. The van der Waals surface area contributed by atoms with E-state index in [-0.39, 0.29) is 5.91 Å². The summed E-state index contributed by atoms with van der Waals surface area (Å²) in [6.45, 7) is 2.06. The van der Waals surface area contributed by atoms with E-state index in [4.69, 9.17) is 0 Å². The Bertz CT molecular complexity index is 1350. The topological polar surface area (TPSA) is 112 Å². The van der Waals surface area contributed by atoms with Crippen molar-refractivity contribution in [2.75, 3.05) is 5.32 Å². The van der Waals surface area contributed by atoms with Crippen molar-refractivity contribution in [2.24, 2.45) is 0 Å². The number of pyridine rings is 3. The zero-order valence-corrected chi connectivity index (χ0v) is 17.0. The number of anilines is 1. The number of H-pyrrole nitrogens is 2. The lowest BCUT2D eigenvalue weighted by Gasteiger charge is -2.07. The number of carbonyl (C=O) groups excluding carboxylic acids is 1. The highest BCUT2D eigenvalue weighted by Crippen LogP contribution is 2.30. The molecule has 5 aromatic heterocycles. The molecule has 0 spiro atoms. The van der Waals surface area contributed by atoms with E-state index in [9.17, 15) is 4.79 Å². The van der Waals surface area contributed by atoms with Crippen LogP contribution >= 0.6 is 0 Å². The largest absolute Gasteiger partial charge is 0.352 e. The van der Waals surface area contributed by atoms with Gasteiger partial charge in [0.2, 0.25) is 5.91 Å². The van der Waals surface area contributed by atoms with Gasteiger partial charge in [0.15, 0.2) is 5.65 Å². The molecule has 0 saturated heterocycles. The maximum absolute atomic E-state index is 12.1. The van der Waals surface area contributed by atoms with Gasteiger partial charge in [-0.2, -0.15) is 5.10 Å². The Morgan fingerprint density at radius 2 is 2.00 bits per heavy atom. The number of rotatable bonds is 6. The monoisotopic (exact) mass is 411 g/mol. The first-order chi connectivity index (χ1) is 15.2. The second-order valence-electron chi connectivity index (χ2n) is 7.43. The molecule has 8 nitrogen and oxygen atoms in total. The highest BCUT2D eigenvalue weighted by molar-refractivity contribution is 5.95. The Kier molecular flexibility index (Phi) is 4.87. The van der Waals surface area contributed by atoms with E-state index in [1.165, 1.54) is 0 Å². The molecule has 154 valence electrons. The summed E-state index contributed by atoms with van der Waals surface area (Å²) in [6.07, 6.45) is 9.31. The summed E-state index contributed by atoms with van der Waals surface area (Å²) in [4.78, 5) is 28.6. The molecule has 0 aliphatic carbocycles. The maximum atomic E-state index is 12.1. The summed E-state index contributed by atoms with van der Waals surface area (Å²) < 4.78 is 0. The molecule has 5 aromatic rings. The molecule has 5 rings (SSSR count). The van der Waals surface area contributed by atoms with Crippen molar-refractivity contribution in [2.45, 2.75) is 26.2 Å². The second kappa shape index (κ2) is 7.98. The summed E-state index contributed by atoms with van der Waals surface area (Å²) in [5, 5.41) is 11.3. The van der Waals surface area contributed by atoms with Crippen molar-refractivity contribution in [3.8, 4) is 22.5 Å². The number of hydrogen-bond donors (Lipinski definition) is 3. The average molecular weight is 411 g/mol. The van der Waals surface area contributed by atoms with Gasteiger partial charge in [0, 0.05) is 41.5 Å². The third-order valence-electron chi connectivity index (χ3n) is 5.17. The number of nitrogens with zero attached hydrogens (tertiary/aromatic N) is 4. The van der Waals surface area contributed by atoms with E-state index < -0.39 is 0 Å². The lowest BCUT2D eigenvalue weighted by molar-refractivity contribution is -0.116. The number of amides is 1. The highest BCUT2D eigenvalue weighted by atomic mass is 16.1. The third kappa shape index (κ3) is 3.75. The van der Waals surface area contributed by atoms with E-state index in [0.29, 0.717) is 17.8 Å². The van der Waals surface area contributed by atoms with Crippen LogP contribution in [0.25, 0.3) is 44.6 Å². The standard InChI is InChI=1S/C23H21N7O/c1-2-3-6-21(31)27-16-8-14(11-24-13-16)15-9-17-22(29-30-23(17)26-12-15)20-10-19-18(28-20)5-4-7-25-19/h4-5,7-13,28H,2-3,6H2,1H3,(H,27,31)(H,26,29,30).